The van der Waals surface area contributed by atoms with Gasteiger partial charge in [0.25, 0.3) is 0 Å². The smallest absolute Gasteiger partial charge is 0.306 e. The fourth-order valence-corrected chi connectivity index (χ4v) is 7.07. The van der Waals surface area contributed by atoms with Crippen molar-refractivity contribution in [3.05, 3.63) is 12.2 Å². The highest BCUT2D eigenvalue weighted by Gasteiger charge is 2.24. The van der Waals surface area contributed by atoms with Gasteiger partial charge in [-0.2, -0.15) is 0 Å². The summed E-state index contributed by atoms with van der Waals surface area (Å²) in [6.45, 7) is 6.44. The normalized spacial score (nSPS) is 13.4. The Kier molecular flexibility index (Phi) is 39.7. The summed E-state index contributed by atoms with van der Waals surface area (Å²) in [5.74, 6) is -0.476. The highest BCUT2D eigenvalue weighted by atomic mass is 16.5. The number of nitrogens with one attached hydrogen (secondary N) is 1. The number of carbonyl (C=O) groups is 2. The van der Waals surface area contributed by atoms with Gasteiger partial charge in [0.05, 0.1) is 25.2 Å². The van der Waals surface area contributed by atoms with Gasteiger partial charge in [0.2, 0.25) is 5.91 Å². The van der Waals surface area contributed by atoms with Crippen molar-refractivity contribution < 1.29 is 24.5 Å². The maximum atomic E-state index is 13.1. The van der Waals surface area contributed by atoms with E-state index in [1.54, 1.807) is 0 Å². The minimum absolute atomic E-state index is 0.0799. The molecule has 0 bridgehead atoms. The van der Waals surface area contributed by atoms with E-state index in [1.807, 2.05) is 0 Å². The molecule has 0 saturated heterocycles. The monoisotopic (exact) mass is 736 g/mol. The number of hydrogen-bond donors (Lipinski definition) is 3. The molecule has 0 aromatic rings. The maximum absolute atomic E-state index is 13.1. The summed E-state index contributed by atoms with van der Waals surface area (Å²) in [4.78, 5) is 25.9. The number of rotatable bonds is 41. The zero-order chi connectivity index (χ0) is 38.2. The van der Waals surface area contributed by atoms with Crippen LogP contribution in [0.1, 0.15) is 245 Å². The third kappa shape index (κ3) is 35.6. The Morgan fingerprint density at radius 3 is 1.40 bits per heavy atom. The lowest BCUT2D eigenvalue weighted by atomic mass is 10.0. The first-order valence-corrected chi connectivity index (χ1v) is 22.9. The molecule has 0 aromatic carbocycles. The minimum Gasteiger partial charge on any atom is -0.462 e. The van der Waals surface area contributed by atoms with E-state index in [-0.39, 0.29) is 24.9 Å². The maximum Gasteiger partial charge on any atom is 0.306 e. The van der Waals surface area contributed by atoms with Gasteiger partial charge in [0.15, 0.2) is 0 Å². The van der Waals surface area contributed by atoms with Crippen molar-refractivity contribution in [1.29, 1.82) is 0 Å². The molecule has 0 spiro atoms. The molecule has 52 heavy (non-hydrogen) atoms. The summed E-state index contributed by atoms with van der Waals surface area (Å²) in [5, 5.41) is 23.6. The molecule has 0 aliphatic carbocycles. The van der Waals surface area contributed by atoms with Gasteiger partial charge in [-0.1, -0.05) is 193 Å². The standard InChI is InChI=1S/C46H89NO5/c1-4-7-10-13-16-19-21-23-26-29-32-35-38-44(49)43(41-48)47-45(50)40-42(37-34-31-28-25-18-15-12-9-6-3)52-46(51)39-36-33-30-27-24-22-20-17-14-11-8-5-2/h17,20,42-44,48-49H,4-16,18-19,21-41H2,1-3H3,(H,47,50)/b20-17-. The molecule has 0 aliphatic heterocycles. The lowest BCUT2D eigenvalue weighted by molar-refractivity contribution is -0.151. The van der Waals surface area contributed by atoms with Crippen LogP contribution < -0.4 is 5.32 Å². The summed E-state index contributed by atoms with van der Waals surface area (Å²) < 4.78 is 5.88. The highest BCUT2D eigenvalue weighted by molar-refractivity contribution is 5.77. The van der Waals surface area contributed by atoms with Crippen LogP contribution in [0, 0.1) is 0 Å². The zero-order valence-electron chi connectivity index (χ0n) is 35.0. The summed E-state index contributed by atoms with van der Waals surface area (Å²) in [5.41, 5.74) is 0. The zero-order valence-corrected chi connectivity index (χ0v) is 35.0. The van der Waals surface area contributed by atoms with Crippen molar-refractivity contribution in [3.8, 4) is 0 Å². The molecule has 3 unspecified atom stereocenters. The molecule has 0 heterocycles. The molecular formula is C46H89NO5. The molecule has 0 rings (SSSR count). The van der Waals surface area contributed by atoms with Gasteiger partial charge in [-0.15, -0.1) is 0 Å². The van der Waals surface area contributed by atoms with E-state index in [0.29, 0.717) is 19.3 Å². The third-order valence-electron chi connectivity index (χ3n) is 10.6. The first-order chi connectivity index (χ1) is 25.5. The van der Waals surface area contributed by atoms with Crippen LogP contribution in [0.15, 0.2) is 12.2 Å². The first-order valence-electron chi connectivity index (χ1n) is 22.9. The third-order valence-corrected chi connectivity index (χ3v) is 10.6. The molecule has 308 valence electrons. The Balaban J connectivity index is 4.51. The van der Waals surface area contributed by atoms with Crippen LogP contribution in [0.3, 0.4) is 0 Å². The van der Waals surface area contributed by atoms with Crippen LogP contribution in [0.4, 0.5) is 0 Å². The van der Waals surface area contributed by atoms with E-state index in [9.17, 15) is 19.8 Å². The van der Waals surface area contributed by atoms with Crippen molar-refractivity contribution in [2.75, 3.05) is 6.61 Å². The van der Waals surface area contributed by atoms with Gasteiger partial charge < -0.3 is 20.3 Å². The molecule has 0 fully saturated rings. The van der Waals surface area contributed by atoms with Crippen LogP contribution in [-0.4, -0.2) is 46.9 Å². The lowest BCUT2D eigenvalue weighted by Gasteiger charge is -2.24. The SMILES string of the molecule is CCCCC/C=C\CCCCCCCC(=O)OC(CCCCCCCCCCC)CC(=O)NC(CO)C(O)CCCCCCCCCCCCCC. The summed E-state index contributed by atoms with van der Waals surface area (Å²) >= 11 is 0. The topological polar surface area (TPSA) is 95.9 Å². The Bertz CT molecular complexity index is 787. The molecule has 3 N–H and O–H groups in total. The van der Waals surface area contributed by atoms with Crippen LogP contribution in [0.2, 0.25) is 0 Å². The van der Waals surface area contributed by atoms with Gasteiger partial charge in [0, 0.05) is 6.42 Å². The van der Waals surface area contributed by atoms with Crippen LogP contribution in [0.5, 0.6) is 0 Å². The Morgan fingerprint density at radius 2 is 0.923 bits per heavy atom. The number of aliphatic hydroxyl groups excluding tert-OH is 2. The average Bonchev–Trinajstić information content (AvgIpc) is 3.13. The number of esters is 1. The first kappa shape index (κ1) is 50.6. The van der Waals surface area contributed by atoms with E-state index in [2.05, 4.69) is 38.2 Å². The van der Waals surface area contributed by atoms with Crippen molar-refractivity contribution in [2.24, 2.45) is 0 Å². The van der Waals surface area contributed by atoms with Gasteiger partial charge >= 0.3 is 5.97 Å². The van der Waals surface area contributed by atoms with E-state index in [0.717, 1.165) is 51.4 Å². The van der Waals surface area contributed by atoms with Crippen LogP contribution in [-0.2, 0) is 14.3 Å². The van der Waals surface area contributed by atoms with E-state index in [1.165, 1.54) is 148 Å². The number of unbranched alkanes of at least 4 members (excludes halogenated alkanes) is 27. The average molecular weight is 736 g/mol. The van der Waals surface area contributed by atoms with Crippen molar-refractivity contribution in [2.45, 2.75) is 264 Å². The molecule has 0 saturated carbocycles. The number of allylic oxidation sites excluding steroid dienone is 2. The van der Waals surface area contributed by atoms with Gasteiger partial charge in [0.1, 0.15) is 6.10 Å². The fraction of sp³-hybridized carbons (Fsp3) is 0.913. The van der Waals surface area contributed by atoms with E-state index >= 15 is 0 Å². The molecule has 6 heteroatoms. The number of ether oxygens (including phenoxy) is 1. The largest absolute Gasteiger partial charge is 0.462 e. The van der Waals surface area contributed by atoms with Gasteiger partial charge in [-0.3, -0.25) is 9.59 Å². The number of carbonyl (C=O) groups excluding carboxylic acids is 2. The summed E-state index contributed by atoms with van der Waals surface area (Å²) in [6.07, 6.45) is 42.7. The Morgan fingerprint density at radius 1 is 0.538 bits per heavy atom. The van der Waals surface area contributed by atoms with Gasteiger partial charge in [-0.05, 0) is 51.4 Å². The molecule has 1 amide bonds. The molecule has 0 aliphatic rings. The molecular weight excluding hydrogens is 647 g/mol. The second-order valence-electron chi connectivity index (χ2n) is 15.8. The quantitative estimate of drug-likeness (QED) is 0.0330. The van der Waals surface area contributed by atoms with Gasteiger partial charge in [-0.25, -0.2) is 0 Å². The van der Waals surface area contributed by atoms with Crippen LogP contribution in [0.25, 0.3) is 0 Å². The second-order valence-corrected chi connectivity index (χ2v) is 15.8. The number of amides is 1. The second kappa shape index (κ2) is 40.8. The highest BCUT2D eigenvalue weighted by Crippen LogP contribution is 2.18. The minimum atomic E-state index is -0.780. The number of aliphatic hydroxyl groups is 2. The van der Waals surface area contributed by atoms with E-state index < -0.39 is 18.2 Å². The molecule has 0 radical (unpaired) electrons. The summed E-state index contributed by atoms with van der Waals surface area (Å²) in [7, 11) is 0. The summed E-state index contributed by atoms with van der Waals surface area (Å²) in [6, 6.07) is -0.694. The lowest BCUT2D eigenvalue weighted by Crippen LogP contribution is -2.46. The Labute approximate surface area is 323 Å². The molecule has 3 atom stereocenters. The fourth-order valence-electron chi connectivity index (χ4n) is 7.07. The number of hydrogen-bond acceptors (Lipinski definition) is 5. The predicted octanol–water partition coefficient (Wildman–Crippen LogP) is 13.0. The van der Waals surface area contributed by atoms with Crippen molar-refractivity contribution in [1.82, 2.24) is 5.32 Å². The Hall–Kier alpha value is -1.40. The van der Waals surface area contributed by atoms with Crippen LogP contribution >= 0.6 is 0 Å². The van der Waals surface area contributed by atoms with Crippen molar-refractivity contribution in [3.63, 3.8) is 0 Å². The molecule has 0 aromatic heterocycles. The molecule has 6 nitrogen and oxygen atoms in total. The predicted molar refractivity (Wildman–Crippen MR) is 223 cm³/mol. The van der Waals surface area contributed by atoms with Crippen molar-refractivity contribution >= 4 is 11.9 Å². The van der Waals surface area contributed by atoms with E-state index in [4.69, 9.17) is 4.74 Å².